The van der Waals surface area contributed by atoms with Crippen molar-refractivity contribution in [2.24, 2.45) is 0 Å². The summed E-state index contributed by atoms with van der Waals surface area (Å²) in [6.07, 6.45) is 1.35. The molecule has 0 saturated carbocycles. The number of halogens is 2. The Kier molecular flexibility index (Phi) is 9.66. The molecule has 7 heteroatoms. The summed E-state index contributed by atoms with van der Waals surface area (Å²) < 4.78 is 6.39. The van der Waals surface area contributed by atoms with Crippen molar-refractivity contribution in [3.8, 4) is 5.75 Å². The molecular weight excluding hydrogens is 468 g/mol. The molecule has 1 N–H and O–H groups in total. The summed E-state index contributed by atoms with van der Waals surface area (Å²) in [5.41, 5.74) is 2.07. The molecule has 0 heterocycles. The maximum atomic E-state index is 13.1. The normalized spacial score (nSPS) is 11.6. The Morgan fingerprint density at radius 1 is 1.20 bits per heavy atom. The molecule has 0 spiro atoms. The van der Waals surface area contributed by atoms with E-state index in [0.29, 0.717) is 34.8 Å². The van der Waals surface area contributed by atoms with E-state index in [9.17, 15) is 9.59 Å². The lowest BCUT2D eigenvalue weighted by molar-refractivity contribution is -0.143. The zero-order valence-electron chi connectivity index (χ0n) is 17.6. The average Bonchev–Trinajstić information content (AvgIpc) is 2.71. The van der Waals surface area contributed by atoms with Gasteiger partial charge in [0.15, 0.2) is 6.61 Å². The van der Waals surface area contributed by atoms with Gasteiger partial charge >= 0.3 is 0 Å². The number of nitrogens with one attached hydrogen (secondary N) is 1. The fourth-order valence-corrected chi connectivity index (χ4v) is 3.90. The molecule has 5 nitrogen and oxygen atoms in total. The summed E-state index contributed by atoms with van der Waals surface area (Å²) in [6, 6.07) is 12.5. The minimum atomic E-state index is -0.568. The van der Waals surface area contributed by atoms with E-state index in [4.69, 9.17) is 16.3 Å². The SMILES string of the molecule is CCCNC(=O)[C@H](CC)N(Cc1cccc(C)c1)C(=O)COc1ccc(Cl)cc1Br. The van der Waals surface area contributed by atoms with E-state index in [-0.39, 0.29) is 18.4 Å². The van der Waals surface area contributed by atoms with Crippen molar-refractivity contribution in [2.75, 3.05) is 13.2 Å². The number of amides is 2. The van der Waals surface area contributed by atoms with Crippen molar-refractivity contribution in [3.05, 3.63) is 63.1 Å². The number of hydrogen-bond acceptors (Lipinski definition) is 3. The number of carbonyl (C=O) groups is 2. The van der Waals surface area contributed by atoms with Crippen LogP contribution in [0.15, 0.2) is 46.9 Å². The Morgan fingerprint density at radius 3 is 2.60 bits per heavy atom. The van der Waals surface area contributed by atoms with Crippen LogP contribution >= 0.6 is 27.5 Å². The summed E-state index contributed by atoms with van der Waals surface area (Å²) in [5, 5.41) is 3.48. The van der Waals surface area contributed by atoms with Gasteiger partial charge in [-0.05, 0) is 59.5 Å². The summed E-state index contributed by atoms with van der Waals surface area (Å²) in [7, 11) is 0. The first-order valence-corrected chi connectivity index (χ1v) is 11.2. The fraction of sp³-hybridized carbons (Fsp3) is 0.391. The highest BCUT2D eigenvalue weighted by molar-refractivity contribution is 9.10. The Hall–Kier alpha value is -2.05. The highest BCUT2D eigenvalue weighted by Gasteiger charge is 2.28. The lowest BCUT2D eigenvalue weighted by atomic mass is 10.1. The molecule has 30 heavy (non-hydrogen) atoms. The predicted molar refractivity (Wildman–Crippen MR) is 124 cm³/mol. The second kappa shape index (κ2) is 12.0. The lowest BCUT2D eigenvalue weighted by Gasteiger charge is -2.30. The molecule has 2 aromatic carbocycles. The maximum absolute atomic E-state index is 13.1. The summed E-state index contributed by atoms with van der Waals surface area (Å²) >= 11 is 9.36. The predicted octanol–water partition coefficient (Wildman–Crippen LogP) is 5.12. The van der Waals surface area contributed by atoms with Crippen LogP contribution in [0, 0.1) is 6.92 Å². The van der Waals surface area contributed by atoms with Crippen LogP contribution in [0.5, 0.6) is 5.75 Å². The zero-order chi connectivity index (χ0) is 22.1. The van der Waals surface area contributed by atoms with Crippen molar-refractivity contribution in [1.82, 2.24) is 10.2 Å². The molecule has 1 atom stereocenters. The third kappa shape index (κ3) is 7.03. The summed E-state index contributed by atoms with van der Waals surface area (Å²) in [6.45, 7) is 6.64. The van der Waals surface area contributed by atoms with Crippen LogP contribution in [0.2, 0.25) is 5.02 Å². The molecule has 0 radical (unpaired) electrons. The van der Waals surface area contributed by atoms with Crippen LogP contribution in [0.4, 0.5) is 0 Å². The van der Waals surface area contributed by atoms with E-state index in [0.717, 1.165) is 17.5 Å². The minimum Gasteiger partial charge on any atom is -0.483 e. The first-order valence-electron chi connectivity index (χ1n) is 10.1. The number of hydrogen-bond donors (Lipinski definition) is 1. The number of rotatable bonds is 10. The van der Waals surface area contributed by atoms with Gasteiger partial charge in [0.25, 0.3) is 5.91 Å². The topological polar surface area (TPSA) is 58.6 Å². The standard InChI is InChI=1S/C23H28BrClN2O3/c1-4-11-26-23(29)20(5-2)27(14-17-8-6-7-16(3)12-17)22(28)15-30-21-10-9-18(25)13-19(21)24/h6-10,12-13,20H,4-5,11,14-15H2,1-3H3,(H,26,29)/t20-/m0/s1. The molecule has 0 aliphatic rings. The highest BCUT2D eigenvalue weighted by Crippen LogP contribution is 2.28. The number of carbonyl (C=O) groups excluding carboxylic acids is 2. The molecule has 0 saturated heterocycles. The van der Waals surface area contributed by atoms with Gasteiger partial charge in [-0.3, -0.25) is 9.59 Å². The van der Waals surface area contributed by atoms with Gasteiger partial charge in [0.1, 0.15) is 11.8 Å². The number of benzene rings is 2. The van der Waals surface area contributed by atoms with Gasteiger partial charge < -0.3 is 15.0 Å². The first-order chi connectivity index (χ1) is 14.3. The third-order valence-corrected chi connectivity index (χ3v) is 5.47. The van der Waals surface area contributed by atoms with Gasteiger partial charge in [-0.1, -0.05) is 55.3 Å². The molecule has 0 fully saturated rings. The largest absolute Gasteiger partial charge is 0.483 e. The van der Waals surface area contributed by atoms with Crippen molar-refractivity contribution < 1.29 is 14.3 Å². The molecule has 0 aromatic heterocycles. The smallest absolute Gasteiger partial charge is 0.261 e. The quantitative estimate of drug-likeness (QED) is 0.497. The van der Waals surface area contributed by atoms with Crippen LogP contribution in [0.3, 0.4) is 0 Å². The molecule has 0 unspecified atom stereocenters. The van der Waals surface area contributed by atoms with Gasteiger partial charge in [-0.2, -0.15) is 0 Å². The van der Waals surface area contributed by atoms with Crippen LogP contribution in [-0.4, -0.2) is 35.9 Å². The van der Waals surface area contributed by atoms with E-state index in [2.05, 4.69) is 21.2 Å². The Morgan fingerprint density at radius 2 is 1.97 bits per heavy atom. The van der Waals surface area contributed by atoms with Crippen molar-refractivity contribution in [1.29, 1.82) is 0 Å². The van der Waals surface area contributed by atoms with E-state index >= 15 is 0 Å². The van der Waals surface area contributed by atoms with Gasteiger partial charge in [0, 0.05) is 18.1 Å². The zero-order valence-corrected chi connectivity index (χ0v) is 19.9. The van der Waals surface area contributed by atoms with Crippen molar-refractivity contribution in [3.63, 3.8) is 0 Å². The lowest BCUT2D eigenvalue weighted by Crippen LogP contribution is -2.50. The van der Waals surface area contributed by atoms with E-state index in [1.54, 1.807) is 23.1 Å². The van der Waals surface area contributed by atoms with Gasteiger partial charge in [-0.15, -0.1) is 0 Å². The van der Waals surface area contributed by atoms with E-state index in [1.807, 2.05) is 45.0 Å². The molecule has 2 amide bonds. The number of nitrogens with zero attached hydrogens (tertiary/aromatic N) is 1. The van der Waals surface area contributed by atoms with Crippen LogP contribution in [0.1, 0.15) is 37.8 Å². The Balaban J connectivity index is 2.21. The molecular formula is C23H28BrClN2O3. The summed E-state index contributed by atoms with van der Waals surface area (Å²) in [4.78, 5) is 27.5. The van der Waals surface area contributed by atoms with Crippen LogP contribution in [-0.2, 0) is 16.1 Å². The molecule has 162 valence electrons. The van der Waals surface area contributed by atoms with Crippen molar-refractivity contribution >= 4 is 39.3 Å². The van der Waals surface area contributed by atoms with E-state index < -0.39 is 6.04 Å². The summed E-state index contributed by atoms with van der Waals surface area (Å²) in [5.74, 6) is 0.122. The highest BCUT2D eigenvalue weighted by atomic mass is 79.9. The number of aryl methyl sites for hydroxylation is 1. The maximum Gasteiger partial charge on any atom is 0.261 e. The molecule has 0 aliphatic carbocycles. The van der Waals surface area contributed by atoms with E-state index in [1.165, 1.54) is 0 Å². The Bertz CT molecular complexity index is 875. The molecule has 0 bridgehead atoms. The molecule has 0 aliphatic heterocycles. The first kappa shape index (κ1) is 24.2. The van der Waals surface area contributed by atoms with Crippen LogP contribution in [0.25, 0.3) is 0 Å². The number of ether oxygens (including phenoxy) is 1. The Labute approximate surface area is 191 Å². The van der Waals surface area contributed by atoms with Gasteiger partial charge in [-0.25, -0.2) is 0 Å². The minimum absolute atomic E-state index is 0.145. The average molecular weight is 496 g/mol. The monoisotopic (exact) mass is 494 g/mol. The van der Waals surface area contributed by atoms with Gasteiger partial charge in [0.2, 0.25) is 5.91 Å². The second-order valence-electron chi connectivity index (χ2n) is 7.09. The second-order valence-corrected chi connectivity index (χ2v) is 8.38. The fourth-order valence-electron chi connectivity index (χ4n) is 3.11. The third-order valence-electron chi connectivity index (χ3n) is 4.62. The van der Waals surface area contributed by atoms with Gasteiger partial charge in [0.05, 0.1) is 4.47 Å². The molecule has 2 rings (SSSR count). The van der Waals surface area contributed by atoms with Crippen LogP contribution < -0.4 is 10.1 Å². The molecule has 2 aromatic rings. The van der Waals surface area contributed by atoms with Crippen molar-refractivity contribution in [2.45, 2.75) is 46.2 Å².